The molecular formula is C9H10OS. The van der Waals surface area contributed by atoms with Gasteiger partial charge in [0, 0.05) is 10.9 Å². The average Bonchev–Trinajstić information content (AvgIpc) is 2.04. The van der Waals surface area contributed by atoms with E-state index < -0.39 is 0 Å². The van der Waals surface area contributed by atoms with Crippen LogP contribution in [0.5, 0.6) is 5.75 Å². The number of benzene rings is 1. The van der Waals surface area contributed by atoms with Gasteiger partial charge in [0.15, 0.2) is 0 Å². The lowest BCUT2D eigenvalue weighted by molar-refractivity contribution is 0.411. The number of para-hydroxylation sites is 1. The molecule has 0 spiro atoms. The van der Waals surface area contributed by atoms with Crippen LogP contribution >= 0.6 is 12.2 Å². The van der Waals surface area contributed by atoms with Gasteiger partial charge < -0.3 is 4.74 Å². The molecule has 0 aliphatic rings. The van der Waals surface area contributed by atoms with Crippen molar-refractivity contribution in [2.75, 3.05) is 7.11 Å². The highest BCUT2D eigenvalue weighted by molar-refractivity contribution is 7.79. The molecule has 0 bridgehead atoms. The maximum atomic E-state index is 5.17. The van der Waals surface area contributed by atoms with E-state index in [0.717, 1.165) is 16.9 Å². The van der Waals surface area contributed by atoms with Crippen molar-refractivity contribution >= 4 is 17.6 Å². The zero-order valence-electron chi connectivity index (χ0n) is 6.63. The van der Waals surface area contributed by atoms with Gasteiger partial charge in [-0.05, 0) is 12.5 Å². The van der Waals surface area contributed by atoms with E-state index in [1.54, 1.807) is 12.5 Å². The van der Waals surface area contributed by atoms with Crippen LogP contribution in [0.4, 0.5) is 0 Å². The molecule has 1 aromatic rings. The Labute approximate surface area is 72.0 Å². The number of ether oxygens (including phenoxy) is 1. The quantitative estimate of drug-likeness (QED) is 0.624. The first kappa shape index (κ1) is 8.21. The van der Waals surface area contributed by atoms with Crippen molar-refractivity contribution in [2.45, 2.75) is 6.92 Å². The fourth-order valence-electron chi connectivity index (χ4n) is 1.05. The van der Waals surface area contributed by atoms with E-state index in [2.05, 4.69) is 0 Å². The summed E-state index contributed by atoms with van der Waals surface area (Å²) in [5, 5.41) is 1.63. The fourth-order valence-corrected chi connectivity index (χ4v) is 1.23. The van der Waals surface area contributed by atoms with Crippen LogP contribution in [0.3, 0.4) is 0 Å². The lowest BCUT2D eigenvalue weighted by Gasteiger charge is -2.06. The van der Waals surface area contributed by atoms with Crippen molar-refractivity contribution in [3.63, 3.8) is 0 Å². The molecule has 0 aliphatic heterocycles. The van der Waals surface area contributed by atoms with Gasteiger partial charge in [-0.15, -0.1) is 0 Å². The summed E-state index contributed by atoms with van der Waals surface area (Å²) in [7, 11) is 1.66. The van der Waals surface area contributed by atoms with Crippen LogP contribution in [-0.2, 0) is 0 Å². The second kappa shape index (κ2) is 3.49. The minimum atomic E-state index is 0.877. The van der Waals surface area contributed by atoms with E-state index in [-0.39, 0.29) is 0 Å². The Balaban J connectivity index is 3.23. The third-order valence-corrected chi connectivity index (χ3v) is 1.83. The molecule has 0 radical (unpaired) electrons. The average molecular weight is 166 g/mol. The van der Waals surface area contributed by atoms with Gasteiger partial charge in [0.2, 0.25) is 0 Å². The first-order valence-electron chi connectivity index (χ1n) is 3.38. The summed E-state index contributed by atoms with van der Waals surface area (Å²) in [5.74, 6) is 0.877. The van der Waals surface area contributed by atoms with Gasteiger partial charge >= 0.3 is 0 Å². The molecule has 11 heavy (non-hydrogen) atoms. The summed E-state index contributed by atoms with van der Waals surface area (Å²) in [6.07, 6.45) is 0. The number of methoxy groups -OCH3 is 1. The summed E-state index contributed by atoms with van der Waals surface area (Å²) < 4.78 is 5.17. The fraction of sp³-hybridized carbons (Fsp3) is 0.222. The Bertz CT molecular complexity index is 268. The molecular weight excluding hydrogens is 156 g/mol. The molecule has 0 N–H and O–H groups in total. The van der Waals surface area contributed by atoms with Crippen LogP contribution < -0.4 is 4.74 Å². The number of aryl methyl sites for hydroxylation is 1. The monoisotopic (exact) mass is 166 g/mol. The Kier molecular flexibility index (Phi) is 2.60. The van der Waals surface area contributed by atoms with E-state index >= 15 is 0 Å². The van der Waals surface area contributed by atoms with Crippen molar-refractivity contribution in [3.05, 3.63) is 29.3 Å². The standard InChI is InChI=1S/C9H10OS/c1-7-4-3-5-8(6-11)9(7)10-2/h3-6H,1-2H3. The molecule has 0 aliphatic carbocycles. The molecule has 0 unspecified atom stereocenters. The summed E-state index contributed by atoms with van der Waals surface area (Å²) in [4.78, 5) is 0. The molecule has 0 amide bonds. The highest BCUT2D eigenvalue weighted by Gasteiger charge is 2.00. The summed E-state index contributed by atoms with van der Waals surface area (Å²) in [6.45, 7) is 2.00. The molecule has 0 aromatic heterocycles. The van der Waals surface area contributed by atoms with Crippen molar-refractivity contribution < 1.29 is 4.74 Å². The molecule has 0 fully saturated rings. The second-order valence-corrected chi connectivity index (χ2v) is 2.55. The first-order chi connectivity index (χ1) is 5.29. The number of hydrogen-bond acceptors (Lipinski definition) is 2. The van der Waals surface area contributed by atoms with Gasteiger partial charge in [-0.1, -0.05) is 30.4 Å². The summed E-state index contributed by atoms with van der Waals surface area (Å²) >= 11 is 4.83. The van der Waals surface area contributed by atoms with Gasteiger partial charge in [-0.3, -0.25) is 0 Å². The Hall–Kier alpha value is -0.890. The predicted molar refractivity (Wildman–Crippen MR) is 50.5 cm³/mol. The van der Waals surface area contributed by atoms with Crippen LogP contribution in [0, 0.1) is 6.92 Å². The second-order valence-electron chi connectivity index (χ2n) is 2.32. The molecule has 1 nitrogen and oxygen atoms in total. The van der Waals surface area contributed by atoms with Crippen molar-refractivity contribution in [3.8, 4) is 5.75 Å². The maximum Gasteiger partial charge on any atom is 0.129 e. The molecule has 1 rings (SSSR count). The third kappa shape index (κ3) is 1.57. The molecule has 2 heteroatoms. The van der Waals surface area contributed by atoms with Crippen molar-refractivity contribution in [1.29, 1.82) is 0 Å². The topological polar surface area (TPSA) is 9.23 Å². The normalized spacial score (nSPS) is 9.27. The molecule has 0 atom stereocenters. The van der Waals surface area contributed by atoms with Crippen LogP contribution in [0.25, 0.3) is 0 Å². The van der Waals surface area contributed by atoms with Crippen molar-refractivity contribution in [2.24, 2.45) is 0 Å². The zero-order valence-corrected chi connectivity index (χ0v) is 7.44. The SMILES string of the molecule is COc1c(C)cccc1C=S. The minimum Gasteiger partial charge on any atom is -0.496 e. The Morgan fingerprint density at radius 1 is 1.45 bits per heavy atom. The van der Waals surface area contributed by atoms with Gasteiger partial charge in [0.1, 0.15) is 5.75 Å². The van der Waals surface area contributed by atoms with E-state index in [1.807, 2.05) is 25.1 Å². The molecule has 58 valence electrons. The lowest BCUT2D eigenvalue weighted by Crippen LogP contribution is -1.91. The van der Waals surface area contributed by atoms with E-state index in [1.165, 1.54) is 0 Å². The minimum absolute atomic E-state index is 0.877. The van der Waals surface area contributed by atoms with Gasteiger partial charge in [0.05, 0.1) is 7.11 Å². The van der Waals surface area contributed by atoms with E-state index in [0.29, 0.717) is 0 Å². The van der Waals surface area contributed by atoms with Crippen molar-refractivity contribution in [1.82, 2.24) is 0 Å². The molecule has 0 saturated carbocycles. The Morgan fingerprint density at radius 2 is 2.18 bits per heavy atom. The van der Waals surface area contributed by atoms with Crippen LogP contribution in [-0.4, -0.2) is 12.5 Å². The van der Waals surface area contributed by atoms with E-state index in [9.17, 15) is 0 Å². The molecule has 0 saturated heterocycles. The summed E-state index contributed by atoms with van der Waals surface area (Å²) in [6, 6.07) is 5.91. The van der Waals surface area contributed by atoms with Gasteiger partial charge in [-0.25, -0.2) is 0 Å². The lowest BCUT2D eigenvalue weighted by atomic mass is 10.1. The van der Waals surface area contributed by atoms with E-state index in [4.69, 9.17) is 17.0 Å². The summed E-state index contributed by atoms with van der Waals surface area (Å²) in [5.41, 5.74) is 2.09. The highest BCUT2D eigenvalue weighted by Crippen LogP contribution is 2.20. The number of hydrogen-bond donors (Lipinski definition) is 0. The number of rotatable bonds is 2. The smallest absolute Gasteiger partial charge is 0.129 e. The van der Waals surface area contributed by atoms with Crippen LogP contribution in [0.1, 0.15) is 11.1 Å². The molecule has 1 aromatic carbocycles. The predicted octanol–water partition coefficient (Wildman–Crippen LogP) is 2.35. The number of thiocarbonyl (C=S) groups is 1. The Morgan fingerprint density at radius 3 is 2.64 bits per heavy atom. The first-order valence-corrected chi connectivity index (χ1v) is 3.85. The van der Waals surface area contributed by atoms with Crippen LogP contribution in [0.15, 0.2) is 18.2 Å². The largest absolute Gasteiger partial charge is 0.496 e. The van der Waals surface area contributed by atoms with Gasteiger partial charge in [0.25, 0.3) is 0 Å². The third-order valence-electron chi connectivity index (χ3n) is 1.57. The maximum absolute atomic E-state index is 5.17. The van der Waals surface area contributed by atoms with Gasteiger partial charge in [-0.2, -0.15) is 0 Å². The highest BCUT2D eigenvalue weighted by atomic mass is 32.1. The zero-order chi connectivity index (χ0) is 8.27. The van der Waals surface area contributed by atoms with Crippen LogP contribution in [0.2, 0.25) is 0 Å². The molecule has 0 heterocycles.